The highest BCUT2D eigenvalue weighted by molar-refractivity contribution is 14.1. The Bertz CT molecular complexity index is 260. The van der Waals surface area contributed by atoms with Gasteiger partial charge in [0.2, 0.25) is 0 Å². The van der Waals surface area contributed by atoms with E-state index in [1.54, 1.807) is 0 Å². The summed E-state index contributed by atoms with van der Waals surface area (Å²) in [5.74, 6) is 0.440. The Morgan fingerprint density at radius 2 is 2.08 bits per heavy atom. The van der Waals surface area contributed by atoms with Crippen LogP contribution in [-0.2, 0) is 0 Å². The maximum absolute atomic E-state index is 5.94. The summed E-state index contributed by atoms with van der Waals surface area (Å²) in [6.07, 6.45) is 0. The lowest BCUT2D eigenvalue weighted by Gasteiger charge is -2.14. The van der Waals surface area contributed by atoms with Crippen LogP contribution in [0.25, 0.3) is 0 Å². The van der Waals surface area contributed by atoms with E-state index in [9.17, 15) is 0 Å². The molecule has 0 saturated carbocycles. The Morgan fingerprint density at radius 3 is 2.58 bits per heavy atom. The van der Waals surface area contributed by atoms with Crippen LogP contribution in [0, 0.1) is 9.62 Å². The molecular formula is C9H13IN2. The summed E-state index contributed by atoms with van der Waals surface area (Å²) in [6, 6.07) is 6.00. The van der Waals surface area contributed by atoms with Crippen LogP contribution in [0.3, 0.4) is 0 Å². The minimum atomic E-state index is 0.0553. The summed E-state index contributed by atoms with van der Waals surface area (Å²) in [6.45, 7) is 4.21. The SMILES string of the molecule is CC(C)[C@@H](N)c1cccc(I)n1. The Kier molecular flexibility index (Phi) is 3.46. The molecule has 0 saturated heterocycles. The highest BCUT2D eigenvalue weighted by Crippen LogP contribution is 2.16. The first kappa shape index (κ1) is 9.92. The van der Waals surface area contributed by atoms with E-state index in [4.69, 9.17) is 5.73 Å². The second-order valence-electron chi connectivity index (χ2n) is 3.15. The van der Waals surface area contributed by atoms with Crippen molar-refractivity contribution in [2.24, 2.45) is 11.7 Å². The molecule has 0 fully saturated rings. The molecule has 0 aliphatic heterocycles. The van der Waals surface area contributed by atoms with Crippen LogP contribution >= 0.6 is 22.6 Å². The fourth-order valence-corrected chi connectivity index (χ4v) is 1.44. The van der Waals surface area contributed by atoms with Gasteiger partial charge in [0.05, 0.1) is 5.69 Å². The molecule has 0 amide bonds. The topological polar surface area (TPSA) is 38.9 Å². The van der Waals surface area contributed by atoms with Gasteiger partial charge in [-0.3, -0.25) is 0 Å². The van der Waals surface area contributed by atoms with Crippen molar-refractivity contribution >= 4 is 22.6 Å². The van der Waals surface area contributed by atoms with Gasteiger partial charge in [-0.05, 0) is 40.6 Å². The lowest BCUT2D eigenvalue weighted by Crippen LogP contribution is -2.18. The van der Waals surface area contributed by atoms with Gasteiger partial charge in [0.1, 0.15) is 3.70 Å². The number of hydrogen-bond acceptors (Lipinski definition) is 2. The molecule has 0 aromatic carbocycles. The zero-order chi connectivity index (χ0) is 9.14. The number of nitrogens with zero attached hydrogens (tertiary/aromatic N) is 1. The van der Waals surface area contributed by atoms with Crippen LogP contribution in [0.2, 0.25) is 0 Å². The Balaban J connectivity index is 2.88. The summed E-state index contributed by atoms with van der Waals surface area (Å²) in [5, 5.41) is 0. The van der Waals surface area contributed by atoms with Crippen molar-refractivity contribution in [1.29, 1.82) is 0 Å². The fraction of sp³-hybridized carbons (Fsp3) is 0.444. The largest absolute Gasteiger partial charge is 0.322 e. The van der Waals surface area contributed by atoms with E-state index in [1.807, 2.05) is 18.2 Å². The van der Waals surface area contributed by atoms with Crippen LogP contribution < -0.4 is 5.73 Å². The molecule has 1 rings (SSSR count). The third-order valence-corrected chi connectivity index (χ3v) is 2.40. The first-order chi connectivity index (χ1) is 5.61. The third kappa shape index (κ3) is 2.42. The predicted molar refractivity (Wildman–Crippen MR) is 58.7 cm³/mol. The molecule has 0 spiro atoms. The molecule has 1 aromatic heterocycles. The molecule has 0 radical (unpaired) electrons. The zero-order valence-corrected chi connectivity index (χ0v) is 9.45. The van der Waals surface area contributed by atoms with Gasteiger partial charge in [0.25, 0.3) is 0 Å². The van der Waals surface area contributed by atoms with Crippen LogP contribution in [0.5, 0.6) is 0 Å². The van der Waals surface area contributed by atoms with Crippen molar-refractivity contribution < 1.29 is 0 Å². The van der Waals surface area contributed by atoms with Crippen molar-refractivity contribution in [3.8, 4) is 0 Å². The summed E-state index contributed by atoms with van der Waals surface area (Å²) in [4.78, 5) is 4.36. The molecule has 0 unspecified atom stereocenters. The molecule has 2 nitrogen and oxygen atoms in total. The van der Waals surface area contributed by atoms with Crippen molar-refractivity contribution in [1.82, 2.24) is 4.98 Å². The first-order valence-corrected chi connectivity index (χ1v) is 5.07. The average Bonchev–Trinajstić information content (AvgIpc) is 2.03. The minimum Gasteiger partial charge on any atom is -0.322 e. The standard InChI is InChI=1S/C9H13IN2/c1-6(2)9(11)7-4-3-5-8(10)12-7/h3-6,9H,11H2,1-2H3/t9-/m1/s1. The molecule has 12 heavy (non-hydrogen) atoms. The Labute approximate surface area is 86.7 Å². The second-order valence-corrected chi connectivity index (χ2v) is 4.26. The van der Waals surface area contributed by atoms with Gasteiger partial charge >= 0.3 is 0 Å². The fourth-order valence-electron chi connectivity index (χ4n) is 0.951. The van der Waals surface area contributed by atoms with E-state index in [2.05, 4.69) is 41.4 Å². The Morgan fingerprint density at radius 1 is 1.42 bits per heavy atom. The van der Waals surface area contributed by atoms with Crippen molar-refractivity contribution in [2.75, 3.05) is 0 Å². The molecule has 0 aliphatic rings. The molecule has 0 aliphatic carbocycles. The number of rotatable bonds is 2. The Hall–Kier alpha value is -0.160. The molecule has 1 aromatic rings. The first-order valence-electron chi connectivity index (χ1n) is 3.99. The molecule has 3 heteroatoms. The maximum Gasteiger partial charge on any atom is 0.101 e. The maximum atomic E-state index is 5.94. The number of halogens is 1. The number of pyridine rings is 1. The van der Waals surface area contributed by atoms with Crippen LogP contribution in [-0.4, -0.2) is 4.98 Å². The smallest absolute Gasteiger partial charge is 0.101 e. The van der Waals surface area contributed by atoms with Gasteiger partial charge in [-0.2, -0.15) is 0 Å². The minimum absolute atomic E-state index is 0.0553. The normalized spacial score (nSPS) is 13.4. The highest BCUT2D eigenvalue weighted by Gasteiger charge is 2.11. The van der Waals surface area contributed by atoms with E-state index in [0.29, 0.717) is 5.92 Å². The summed E-state index contributed by atoms with van der Waals surface area (Å²) in [7, 11) is 0. The molecule has 1 atom stereocenters. The predicted octanol–water partition coefficient (Wildman–Crippen LogP) is 2.34. The van der Waals surface area contributed by atoms with Crippen LogP contribution in [0.4, 0.5) is 0 Å². The van der Waals surface area contributed by atoms with E-state index >= 15 is 0 Å². The van der Waals surface area contributed by atoms with Gasteiger partial charge in [0, 0.05) is 6.04 Å². The quantitative estimate of drug-likeness (QED) is 0.665. The lowest BCUT2D eigenvalue weighted by atomic mass is 10.0. The van der Waals surface area contributed by atoms with Crippen molar-refractivity contribution in [3.05, 3.63) is 27.6 Å². The van der Waals surface area contributed by atoms with E-state index in [-0.39, 0.29) is 6.04 Å². The number of nitrogens with two attached hydrogens (primary N) is 1. The van der Waals surface area contributed by atoms with Gasteiger partial charge in [0.15, 0.2) is 0 Å². The summed E-state index contributed by atoms with van der Waals surface area (Å²) < 4.78 is 1.00. The number of aromatic nitrogens is 1. The highest BCUT2D eigenvalue weighted by atomic mass is 127. The van der Waals surface area contributed by atoms with Gasteiger partial charge in [-0.25, -0.2) is 4.98 Å². The molecule has 66 valence electrons. The van der Waals surface area contributed by atoms with Crippen LogP contribution in [0.1, 0.15) is 25.6 Å². The molecule has 2 N–H and O–H groups in total. The molecular weight excluding hydrogens is 263 g/mol. The van der Waals surface area contributed by atoms with Crippen LogP contribution in [0.15, 0.2) is 18.2 Å². The van der Waals surface area contributed by atoms with Gasteiger partial charge in [-0.1, -0.05) is 19.9 Å². The molecule has 0 bridgehead atoms. The number of hydrogen-bond donors (Lipinski definition) is 1. The van der Waals surface area contributed by atoms with E-state index in [0.717, 1.165) is 9.39 Å². The summed E-state index contributed by atoms with van der Waals surface area (Å²) in [5.41, 5.74) is 6.92. The van der Waals surface area contributed by atoms with E-state index in [1.165, 1.54) is 0 Å². The van der Waals surface area contributed by atoms with Gasteiger partial charge in [-0.15, -0.1) is 0 Å². The summed E-state index contributed by atoms with van der Waals surface area (Å²) >= 11 is 2.20. The third-order valence-electron chi connectivity index (χ3n) is 1.80. The van der Waals surface area contributed by atoms with Crippen molar-refractivity contribution in [3.63, 3.8) is 0 Å². The monoisotopic (exact) mass is 276 g/mol. The lowest BCUT2D eigenvalue weighted by molar-refractivity contribution is 0.502. The van der Waals surface area contributed by atoms with Crippen molar-refractivity contribution in [2.45, 2.75) is 19.9 Å². The van der Waals surface area contributed by atoms with Gasteiger partial charge < -0.3 is 5.73 Å². The zero-order valence-electron chi connectivity index (χ0n) is 7.29. The molecule has 1 heterocycles. The second kappa shape index (κ2) is 4.18. The van der Waals surface area contributed by atoms with E-state index < -0.39 is 0 Å². The average molecular weight is 276 g/mol.